The molecular weight excluding hydrogens is 270 g/mol. The Balaban J connectivity index is 2.01. The Morgan fingerprint density at radius 1 is 1.19 bits per heavy atom. The number of likely N-dealkylation sites (N-methyl/N-ethyl adjacent to an activating group) is 1. The van der Waals surface area contributed by atoms with Gasteiger partial charge in [0.1, 0.15) is 0 Å². The molecule has 0 saturated carbocycles. The van der Waals surface area contributed by atoms with E-state index < -0.39 is 12.1 Å². The van der Waals surface area contributed by atoms with E-state index in [1.165, 1.54) is 30.4 Å². The smallest absolute Gasteiger partial charge is 0.359 e. The van der Waals surface area contributed by atoms with Crippen LogP contribution in [0.1, 0.15) is 17.4 Å². The van der Waals surface area contributed by atoms with Gasteiger partial charge in [-0.15, -0.1) is 0 Å². The summed E-state index contributed by atoms with van der Waals surface area (Å²) in [7, 11) is 1.63. The minimum Gasteiger partial charge on any atom is -0.448 e. The van der Waals surface area contributed by atoms with E-state index in [0.29, 0.717) is 0 Å². The summed E-state index contributed by atoms with van der Waals surface area (Å²) in [6, 6.07) is 9.12. The third-order valence-electron chi connectivity index (χ3n) is 2.88. The summed E-state index contributed by atoms with van der Waals surface area (Å²) in [4.78, 5) is 33.1. The number of hydrogen-bond acceptors (Lipinski definition) is 5. The molecule has 0 spiro atoms. The molecule has 6 heteroatoms. The molecule has 0 aliphatic heterocycles. The van der Waals surface area contributed by atoms with Crippen LogP contribution in [0.25, 0.3) is 0 Å². The van der Waals surface area contributed by atoms with Crippen molar-refractivity contribution >= 4 is 17.6 Å². The molecule has 0 aliphatic carbocycles. The molecule has 1 aromatic heterocycles. The van der Waals surface area contributed by atoms with Crippen molar-refractivity contribution in [3.63, 3.8) is 0 Å². The Kier molecular flexibility index (Phi) is 4.61. The topological polar surface area (TPSA) is 72.4 Å². The first-order valence-corrected chi connectivity index (χ1v) is 6.39. The quantitative estimate of drug-likeness (QED) is 0.799. The summed E-state index contributed by atoms with van der Waals surface area (Å²) in [6.07, 6.45) is 3.22. The first-order chi connectivity index (χ1) is 10.1. The number of anilines is 1. The number of benzene rings is 1. The van der Waals surface area contributed by atoms with Crippen molar-refractivity contribution in [3.8, 4) is 0 Å². The molecule has 6 nitrogen and oxygen atoms in total. The van der Waals surface area contributed by atoms with Crippen molar-refractivity contribution in [1.82, 2.24) is 9.97 Å². The second kappa shape index (κ2) is 6.60. The molecule has 0 aliphatic rings. The maximum Gasteiger partial charge on any atom is 0.359 e. The fourth-order valence-electron chi connectivity index (χ4n) is 1.73. The van der Waals surface area contributed by atoms with E-state index in [1.807, 2.05) is 18.2 Å². The predicted octanol–water partition coefficient (Wildman–Crippen LogP) is 1.68. The number of rotatable bonds is 4. The molecule has 0 fully saturated rings. The first kappa shape index (κ1) is 14.6. The van der Waals surface area contributed by atoms with E-state index >= 15 is 0 Å². The van der Waals surface area contributed by atoms with Crippen molar-refractivity contribution in [1.29, 1.82) is 0 Å². The Hall–Kier alpha value is -2.76. The summed E-state index contributed by atoms with van der Waals surface area (Å²) in [5, 5.41) is 0. The van der Waals surface area contributed by atoms with Gasteiger partial charge in [0.15, 0.2) is 11.8 Å². The number of nitrogens with zero attached hydrogens (tertiary/aromatic N) is 3. The lowest BCUT2D eigenvalue weighted by atomic mass is 10.2. The predicted molar refractivity (Wildman–Crippen MR) is 76.8 cm³/mol. The average Bonchev–Trinajstić information content (AvgIpc) is 2.55. The molecule has 0 unspecified atom stereocenters. The van der Waals surface area contributed by atoms with Crippen LogP contribution in [0.3, 0.4) is 0 Å². The standard InChI is InChI=1S/C15H15N3O3/c1-11(21-15(20)13-10-16-8-9-17-13)14(19)18(2)12-6-4-3-5-7-12/h3-11H,1-2H3/t11-/m0/s1. The Labute approximate surface area is 122 Å². The number of carbonyl (C=O) groups excluding carboxylic acids is 2. The lowest BCUT2D eigenvalue weighted by Gasteiger charge is -2.21. The van der Waals surface area contributed by atoms with Gasteiger partial charge in [-0.1, -0.05) is 18.2 Å². The molecule has 0 N–H and O–H groups in total. The largest absolute Gasteiger partial charge is 0.448 e. The second-order valence-corrected chi connectivity index (χ2v) is 4.37. The molecule has 2 rings (SSSR count). The zero-order valence-electron chi connectivity index (χ0n) is 11.8. The number of esters is 1. The van der Waals surface area contributed by atoms with Crippen molar-refractivity contribution in [3.05, 3.63) is 54.6 Å². The fourth-order valence-corrected chi connectivity index (χ4v) is 1.73. The highest BCUT2D eigenvalue weighted by Gasteiger charge is 2.23. The van der Waals surface area contributed by atoms with Crippen molar-refractivity contribution in [2.24, 2.45) is 0 Å². The number of para-hydroxylation sites is 1. The molecule has 0 bridgehead atoms. The number of hydrogen-bond donors (Lipinski definition) is 0. The summed E-state index contributed by atoms with van der Waals surface area (Å²) in [5.74, 6) is -0.996. The van der Waals surface area contributed by atoms with Crippen LogP contribution in [-0.2, 0) is 9.53 Å². The maximum atomic E-state index is 12.2. The monoisotopic (exact) mass is 285 g/mol. The minimum absolute atomic E-state index is 0.0690. The molecule has 21 heavy (non-hydrogen) atoms. The van der Waals surface area contributed by atoms with Crippen LogP contribution < -0.4 is 4.90 Å². The van der Waals surface area contributed by atoms with Gasteiger partial charge in [0.25, 0.3) is 5.91 Å². The van der Waals surface area contributed by atoms with Crippen LogP contribution in [-0.4, -0.2) is 35.0 Å². The van der Waals surface area contributed by atoms with Crippen LogP contribution in [0.4, 0.5) is 5.69 Å². The summed E-state index contributed by atoms with van der Waals surface area (Å²) in [5.41, 5.74) is 0.796. The van der Waals surface area contributed by atoms with Gasteiger partial charge in [-0.05, 0) is 19.1 Å². The number of aromatic nitrogens is 2. The fraction of sp³-hybridized carbons (Fsp3) is 0.200. The molecule has 1 atom stereocenters. The zero-order chi connectivity index (χ0) is 15.2. The Morgan fingerprint density at radius 3 is 2.52 bits per heavy atom. The molecule has 2 aromatic rings. The highest BCUT2D eigenvalue weighted by atomic mass is 16.5. The van der Waals surface area contributed by atoms with Gasteiger partial charge in [0, 0.05) is 25.1 Å². The van der Waals surface area contributed by atoms with Crippen LogP contribution in [0.2, 0.25) is 0 Å². The minimum atomic E-state index is -0.912. The van der Waals surface area contributed by atoms with Gasteiger partial charge in [0.2, 0.25) is 0 Å². The second-order valence-electron chi connectivity index (χ2n) is 4.37. The normalized spacial score (nSPS) is 11.5. The van der Waals surface area contributed by atoms with Crippen molar-refractivity contribution in [2.75, 3.05) is 11.9 Å². The molecule has 0 saturated heterocycles. The molecule has 0 radical (unpaired) electrons. The number of ether oxygens (including phenoxy) is 1. The van der Waals surface area contributed by atoms with Gasteiger partial charge in [0.05, 0.1) is 6.20 Å². The molecular formula is C15H15N3O3. The van der Waals surface area contributed by atoms with Gasteiger partial charge < -0.3 is 9.64 Å². The molecule has 1 heterocycles. The van der Waals surface area contributed by atoms with Gasteiger partial charge >= 0.3 is 5.97 Å². The summed E-state index contributed by atoms with van der Waals surface area (Å²) >= 11 is 0. The third-order valence-corrected chi connectivity index (χ3v) is 2.88. The molecule has 1 amide bonds. The summed E-state index contributed by atoms with van der Waals surface area (Å²) in [6.45, 7) is 1.52. The Bertz CT molecular complexity index is 617. The van der Waals surface area contributed by atoms with E-state index in [2.05, 4.69) is 9.97 Å². The number of carbonyl (C=O) groups is 2. The molecule has 1 aromatic carbocycles. The summed E-state index contributed by atoms with van der Waals surface area (Å²) < 4.78 is 5.11. The van der Waals surface area contributed by atoms with E-state index in [9.17, 15) is 9.59 Å². The van der Waals surface area contributed by atoms with Crippen molar-refractivity contribution < 1.29 is 14.3 Å². The van der Waals surface area contributed by atoms with Crippen LogP contribution in [0.15, 0.2) is 48.9 Å². The van der Waals surface area contributed by atoms with Crippen molar-refractivity contribution in [2.45, 2.75) is 13.0 Å². The first-order valence-electron chi connectivity index (χ1n) is 6.39. The average molecular weight is 285 g/mol. The third kappa shape index (κ3) is 3.62. The van der Waals surface area contributed by atoms with E-state index in [-0.39, 0.29) is 11.6 Å². The van der Waals surface area contributed by atoms with Crippen LogP contribution in [0, 0.1) is 0 Å². The Morgan fingerprint density at radius 2 is 1.90 bits per heavy atom. The number of amides is 1. The molecule has 108 valence electrons. The van der Waals surface area contributed by atoms with Gasteiger partial charge in [-0.3, -0.25) is 9.78 Å². The van der Waals surface area contributed by atoms with E-state index in [1.54, 1.807) is 19.2 Å². The van der Waals surface area contributed by atoms with Gasteiger partial charge in [-0.25, -0.2) is 9.78 Å². The van der Waals surface area contributed by atoms with E-state index in [0.717, 1.165) is 5.69 Å². The maximum absolute atomic E-state index is 12.2. The van der Waals surface area contributed by atoms with E-state index in [4.69, 9.17) is 4.74 Å². The zero-order valence-corrected chi connectivity index (χ0v) is 11.8. The highest BCUT2D eigenvalue weighted by molar-refractivity contribution is 5.98. The SMILES string of the molecule is C[C@H](OC(=O)c1cnccn1)C(=O)N(C)c1ccccc1. The van der Waals surface area contributed by atoms with Crippen LogP contribution >= 0.6 is 0 Å². The lowest BCUT2D eigenvalue weighted by Crippen LogP contribution is -2.37. The van der Waals surface area contributed by atoms with Gasteiger partial charge in [-0.2, -0.15) is 0 Å². The lowest BCUT2D eigenvalue weighted by molar-refractivity contribution is -0.126. The highest BCUT2D eigenvalue weighted by Crippen LogP contribution is 2.13. The van der Waals surface area contributed by atoms with Crippen LogP contribution in [0.5, 0.6) is 0 Å².